The number of ether oxygens (including phenoxy) is 3. The van der Waals surface area contributed by atoms with Crippen molar-refractivity contribution in [1.82, 2.24) is 5.43 Å². The van der Waals surface area contributed by atoms with Crippen LogP contribution < -0.4 is 30.8 Å². The van der Waals surface area contributed by atoms with Crippen LogP contribution in [0.4, 0.5) is 5.69 Å². The van der Waals surface area contributed by atoms with Crippen LogP contribution in [0.5, 0.6) is 17.2 Å². The van der Waals surface area contributed by atoms with Crippen molar-refractivity contribution in [1.29, 1.82) is 0 Å². The molecule has 0 aliphatic rings. The van der Waals surface area contributed by atoms with E-state index in [0.717, 1.165) is 39.6 Å². The van der Waals surface area contributed by atoms with Gasteiger partial charge >= 0.3 is 0 Å². The van der Waals surface area contributed by atoms with Crippen molar-refractivity contribution in [3.8, 4) is 28.4 Å². The lowest BCUT2D eigenvalue weighted by atomic mass is 10.1. The summed E-state index contributed by atoms with van der Waals surface area (Å²) >= 11 is 0. The quantitative estimate of drug-likeness (QED) is 0.228. The van der Waals surface area contributed by atoms with Crippen molar-refractivity contribution in [3.05, 3.63) is 72.3 Å². The molecule has 0 bridgehead atoms. The first-order chi connectivity index (χ1) is 14.7. The number of methoxy groups -OCH3 is 2. The normalized spacial score (nSPS) is 9.60. The lowest BCUT2D eigenvalue weighted by Crippen LogP contribution is -2.18. The van der Waals surface area contributed by atoms with Gasteiger partial charge in [0.2, 0.25) is 6.41 Å². The lowest BCUT2D eigenvalue weighted by molar-refractivity contribution is -0.109. The zero-order valence-electron chi connectivity index (χ0n) is 17.3. The Hall–Kier alpha value is -3.71. The second kappa shape index (κ2) is 12.0. The van der Waals surface area contributed by atoms with Gasteiger partial charge in [-0.1, -0.05) is 30.3 Å². The summed E-state index contributed by atoms with van der Waals surface area (Å²) in [6.45, 7) is 0.423. The number of hydrogen-bond acceptors (Lipinski definition) is 6. The van der Waals surface area contributed by atoms with Crippen molar-refractivity contribution in [2.75, 3.05) is 26.6 Å². The molecule has 3 rings (SSSR count). The van der Waals surface area contributed by atoms with Gasteiger partial charge in [0.25, 0.3) is 0 Å². The van der Waals surface area contributed by atoms with Crippen molar-refractivity contribution >= 4 is 12.1 Å². The number of carbonyl (C=O) groups is 1. The highest BCUT2D eigenvalue weighted by atomic mass is 16.5. The highest BCUT2D eigenvalue weighted by molar-refractivity contribution is 5.66. The highest BCUT2D eigenvalue weighted by Crippen LogP contribution is 2.29. The predicted octanol–water partition coefficient (Wildman–Crippen LogP) is 3.60. The van der Waals surface area contributed by atoms with Gasteiger partial charge in [0.05, 0.1) is 19.8 Å². The van der Waals surface area contributed by atoms with Crippen LogP contribution >= 0.6 is 0 Å². The van der Waals surface area contributed by atoms with Crippen LogP contribution in [0.1, 0.15) is 5.56 Å². The average molecular weight is 409 g/mol. The number of nitrogens with one attached hydrogen (secondary N) is 2. The van der Waals surface area contributed by atoms with Crippen LogP contribution in [0.25, 0.3) is 11.1 Å². The van der Waals surface area contributed by atoms with Crippen molar-refractivity contribution in [3.63, 3.8) is 0 Å². The molecular weight excluding hydrogens is 382 g/mol. The van der Waals surface area contributed by atoms with E-state index in [4.69, 9.17) is 19.0 Å². The van der Waals surface area contributed by atoms with Crippen LogP contribution in [-0.4, -0.2) is 27.7 Å². The van der Waals surface area contributed by atoms with Gasteiger partial charge in [0.15, 0.2) is 0 Å². The molecule has 1 amide bonds. The Bertz CT molecular complexity index is 908. The van der Waals surface area contributed by atoms with Gasteiger partial charge in [0, 0.05) is 12.7 Å². The zero-order valence-corrected chi connectivity index (χ0v) is 17.3. The minimum absolute atomic E-state index is 0.403. The van der Waals surface area contributed by atoms with E-state index in [1.807, 2.05) is 67.7 Å². The van der Waals surface area contributed by atoms with E-state index in [0.29, 0.717) is 13.0 Å². The van der Waals surface area contributed by atoms with Gasteiger partial charge in [0.1, 0.15) is 23.9 Å². The Morgan fingerprint density at radius 3 is 2.20 bits per heavy atom. The molecule has 0 aromatic heterocycles. The molecule has 3 aromatic carbocycles. The van der Waals surface area contributed by atoms with E-state index >= 15 is 0 Å². The number of anilines is 1. The molecule has 7 heteroatoms. The highest BCUT2D eigenvalue weighted by Gasteiger charge is 2.09. The molecule has 0 spiro atoms. The number of carbonyl (C=O) groups excluding carboxylic acids is 1. The molecule has 7 nitrogen and oxygen atoms in total. The maximum atomic E-state index is 8.94. The molecule has 0 heterocycles. The second-order valence-corrected chi connectivity index (χ2v) is 6.07. The molecule has 158 valence electrons. The molecular formula is C23H27N3O4. The van der Waals surface area contributed by atoms with Gasteiger partial charge in [-0.2, -0.15) is 0 Å². The third-order valence-corrected chi connectivity index (χ3v) is 4.33. The molecule has 0 fully saturated rings. The monoisotopic (exact) mass is 409 g/mol. The summed E-state index contributed by atoms with van der Waals surface area (Å²) in [5.41, 5.74) is 5.95. The smallest absolute Gasteiger partial charge is 0.221 e. The molecule has 4 N–H and O–H groups in total. The third kappa shape index (κ3) is 6.15. The van der Waals surface area contributed by atoms with E-state index in [2.05, 4.69) is 17.2 Å². The molecule has 0 atom stereocenters. The fourth-order valence-corrected chi connectivity index (χ4v) is 2.84. The summed E-state index contributed by atoms with van der Waals surface area (Å²) < 4.78 is 16.7. The van der Waals surface area contributed by atoms with Crippen LogP contribution in [0.2, 0.25) is 0 Å². The Morgan fingerprint density at radius 2 is 1.60 bits per heavy atom. The van der Waals surface area contributed by atoms with Gasteiger partial charge in [-0.25, -0.2) is 5.84 Å². The number of benzene rings is 3. The zero-order chi connectivity index (χ0) is 21.8. The molecule has 0 aliphatic carbocycles. The van der Waals surface area contributed by atoms with E-state index in [-0.39, 0.29) is 0 Å². The molecule has 30 heavy (non-hydrogen) atoms. The summed E-state index contributed by atoms with van der Waals surface area (Å²) in [6, 6.07) is 22.0. The molecule has 0 aliphatic heterocycles. The summed E-state index contributed by atoms with van der Waals surface area (Å²) in [6.07, 6.45) is 0.403. The standard InChI is InChI=1S/C22H23NO3.CH4N2O/c1-23-21-8-5-9-22(25-3)20(21)15-26-19-7-4-6-17(14-19)16-10-12-18(24-2)13-11-16;2-3-1-4/h4-14,23H,15H2,1-3H3;1H,2H2,(H,3,4). The minimum atomic E-state index is 0.403. The first kappa shape index (κ1) is 22.6. The number of hydrogen-bond donors (Lipinski definition) is 3. The molecule has 0 unspecified atom stereocenters. The van der Waals surface area contributed by atoms with Crippen LogP contribution in [0, 0.1) is 0 Å². The Labute approximate surface area is 176 Å². The lowest BCUT2D eigenvalue weighted by Gasteiger charge is -2.15. The number of rotatable bonds is 8. The van der Waals surface area contributed by atoms with Crippen molar-refractivity contribution < 1.29 is 19.0 Å². The number of nitrogens with two attached hydrogens (primary N) is 1. The molecule has 0 saturated heterocycles. The maximum absolute atomic E-state index is 8.94. The molecule has 0 radical (unpaired) electrons. The second-order valence-electron chi connectivity index (χ2n) is 6.07. The Kier molecular flexibility index (Phi) is 9.02. The van der Waals surface area contributed by atoms with E-state index in [1.54, 1.807) is 19.6 Å². The van der Waals surface area contributed by atoms with Crippen molar-refractivity contribution in [2.24, 2.45) is 5.84 Å². The van der Waals surface area contributed by atoms with Crippen LogP contribution in [0.3, 0.4) is 0 Å². The Balaban J connectivity index is 0.000000735. The van der Waals surface area contributed by atoms with E-state index < -0.39 is 0 Å². The first-order valence-corrected chi connectivity index (χ1v) is 9.27. The van der Waals surface area contributed by atoms with Gasteiger partial charge < -0.3 is 19.5 Å². The largest absolute Gasteiger partial charge is 0.497 e. The Morgan fingerprint density at radius 1 is 0.900 bits per heavy atom. The summed E-state index contributed by atoms with van der Waals surface area (Å²) in [5.74, 6) is 6.87. The molecule has 3 aromatic rings. The predicted molar refractivity (Wildman–Crippen MR) is 119 cm³/mol. The van der Waals surface area contributed by atoms with Crippen molar-refractivity contribution in [2.45, 2.75) is 6.61 Å². The summed E-state index contributed by atoms with van der Waals surface area (Å²) in [7, 11) is 5.23. The minimum Gasteiger partial charge on any atom is -0.497 e. The van der Waals surface area contributed by atoms with Gasteiger partial charge in [-0.3, -0.25) is 10.2 Å². The topological polar surface area (TPSA) is 94.8 Å². The van der Waals surface area contributed by atoms with Crippen LogP contribution in [0.15, 0.2) is 66.7 Å². The van der Waals surface area contributed by atoms with Gasteiger partial charge in [-0.05, 0) is 47.5 Å². The van der Waals surface area contributed by atoms with E-state index in [1.165, 1.54) is 0 Å². The van der Waals surface area contributed by atoms with Gasteiger partial charge in [-0.15, -0.1) is 0 Å². The van der Waals surface area contributed by atoms with E-state index in [9.17, 15) is 0 Å². The summed E-state index contributed by atoms with van der Waals surface area (Å²) in [5, 5.41) is 3.18. The first-order valence-electron chi connectivity index (χ1n) is 9.27. The maximum Gasteiger partial charge on any atom is 0.221 e. The average Bonchev–Trinajstić information content (AvgIpc) is 2.82. The van der Waals surface area contributed by atoms with Crippen LogP contribution in [-0.2, 0) is 11.4 Å². The fourth-order valence-electron chi connectivity index (χ4n) is 2.84. The fraction of sp³-hybridized carbons (Fsp3) is 0.174. The SMILES string of the molecule is CNc1cccc(OC)c1COc1cccc(-c2ccc(OC)cc2)c1.NNC=O. The summed E-state index contributed by atoms with van der Waals surface area (Å²) in [4.78, 5) is 8.94. The number of hydrazine groups is 1. The third-order valence-electron chi connectivity index (χ3n) is 4.33. The molecule has 0 saturated carbocycles. The number of amides is 1.